The summed E-state index contributed by atoms with van der Waals surface area (Å²) in [6, 6.07) is 8.81. The fourth-order valence-electron chi connectivity index (χ4n) is 6.07. The fraction of sp³-hybridized carbons (Fsp3) is 0.481. The van der Waals surface area contributed by atoms with Gasteiger partial charge in [0.15, 0.2) is 0 Å². The highest BCUT2D eigenvalue weighted by atomic mass is 19.4. The Morgan fingerprint density at radius 1 is 1.18 bits per heavy atom. The van der Waals surface area contributed by atoms with Crippen molar-refractivity contribution in [2.75, 3.05) is 38.2 Å². The van der Waals surface area contributed by atoms with Crippen LogP contribution in [-0.4, -0.2) is 44.2 Å². The minimum Gasteiger partial charge on any atom is -0.497 e. The summed E-state index contributed by atoms with van der Waals surface area (Å²) in [6.45, 7) is 7.98. The van der Waals surface area contributed by atoms with Crippen LogP contribution in [-0.2, 0) is 12.6 Å². The number of benzene rings is 2. The highest BCUT2D eigenvalue weighted by Crippen LogP contribution is 2.51. The Labute approximate surface area is 193 Å². The molecule has 3 nitrogen and oxygen atoms in total. The van der Waals surface area contributed by atoms with Crippen molar-refractivity contribution < 1.29 is 17.9 Å². The molecule has 33 heavy (non-hydrogen) atoms. The van der Waals surface area contributed by atoms with Crippen LogP contribution in [0.25, 0.3) is 11.1 Å². The van der Waals surface area contributed by atoms with Gasteiger partial charge in [0, 0.05) is 37.3 Å². The molecule has 0 unspecified atom stereocenters. The first kappa shape index (κ1) is 22.3. The predicted molar refractivity (Wildman–Crippen MR) is 126 cm³/mol. The second-order valence-electron chi connectivity index (χ2n) is 9.47. The minimum atomic E-state index is -4.44. The summed E-state index contributed by atoms with van der Waals surface area (Å²) in [5.74, 6) is 0.573. The molecule has 0 radical (unpaired) electrons. The molecule has 5 rings (SSSR count). The van der Waals surface area contributed by atoms with E-state index in [4.69, 9.17) is 4.74 Å². The van der Waals surface area contributed by atoms with Gasteiger partial charge in [0.1, 0.15) is 5.75 Å². The molecule has 1 fully saturated rings. The molecule has 0 spiro atoms. The van der Waals surface area contributed by atoms with Gasteiger partial charge in [-0.25, -0.2) is 0 Å². The molecule has 0 amide bonds. The third-order valence-corrected chi connectivity index (χ3v) is 7.54. The van der Waals surface area contributed by atoms with Crippen molar-refractivity contribution in [3.63, 3.8) is 0 Å². The van der Waals surface area contributed by atoms with Crippen molar-refractivity contribution in [2.24, 2.45) is 0 Å². The number of nitrogens with zero attached hydrogens (tertiary/aromatic N) is 2. The normalized spacial score (nSPS) is 22.1. The molecule has 2 atom stereocenters. The highest BCUT2D eigenvalue weighted by Gasteiger charge is 2.44. The summed E-state index contributed by atoms with van der Waals surface area (Å²) in [6.07, 6.45) is 2.72. The van der Waals surface area contributed by atoms with Crippen molar-refractivity contribution >= 4 is 5.69 Å². The van der Waals surface area contributed by atoms with E-state index in [0.29, 0.717) is 17.5 Å². The van der Waals surface area contributed by atoms with E-state index in [9.17, 15) is 13.2 Å². The Kier molecular flexibility index (Phi) is 5.89. The summed E-state index contributed by atoms with van der Waals surface area (Å²) in [4.78, 5) is 5.08. The van der Waals surface area contributed by atoms with E-state index in [1.807, 2.05) is 18.2 Å². The Hall–Kier alpha value is -2.47. The van der Waals surface area contributed by atoms with Crippen molar-refractivity contribution in [3.8, 4) is 16.9 Å². The number of methoxy groups -OCH3 is 1. The second kappa shape index (κ2) is 8.71. The maximum absolute atomic E-state index is 14.0. The topological polar surface area (TPSA) is 15.7 Å². The second-order valence-corrected chi connectivity index (χ2v) is 9.47. The first-order chi connectivity index (χ1) is 15.9. The SMILES string of the molecule is C=CCCCN1CC[C@H]2[C@@H](C1)c1cc(-c3ccc(OC)cc3C(F)(F)F)cc3c1N2CCC3. The molecule has 3 heterocycles. The minimum absolute atomic E-state index is 0.224. The molecular formula is C27H31F3N2O. The van der Waals surface area contributed by atoms with E-state index in [2.05, 4.69) is 16.4 Å². The van der Waals surface area contributed by atoms with Crippen LogP contribution in [0.4, 0.5) is 18.9 Å². The summed E-state index contributed by atoms with van der Waals surface area (Å²) in [5.41, 5.74) is 4.02. The number of hydrogen-bond donors (Lipinski definition) is 0. The first-order valence-corrected chi connectivity index (χ1v) is 11.9. The summed E-state index contributed by atoms with van der Waals surface area (Å²) in [5, 5.41) is 0. The van der Waals surface area contributed by atoms with E-state index in [1.165, 1.54) is 23.9 Å². The Bertz CT molecular complexity index is 1050. The number of anilines is 1. The van der Waals surface area contributed by atoms with E-state index >= 15 is 0 Å². The average molecular weight is 457 g/mol. The molecular weight excluding hydrogens is 425 g/mol. The molecule has 176 valence electrons. The van der Waals surface area contributed by atoms with Gasteiger partial charge in [0.25, 0.3) is 0 Å². The lowest BCUT2D eigenvalue weighted by atomic mass is 9.86. The van der Waals surface area contributed by atoms with Crippen molar-refractivity contribution in [1.29, 1.82) is 0 Å². The number of likely N-dealkylation sites (tertiary alicyclic amines) is 1. The van der Waals surface area contributed by atoms with E-state index < -0.39 is 11.7 Å². The number of halogens is 3. The maximum atomic E-state index is 14.0. The molecule has 3 aliphatic rings. The first-order valence-electron chi connectivity index (χ1n) is 11.9. The van der Waals surface area contributed by atoms with Gasteiger partial charge in [-0.2, -0.15) is 13.2 Å². The van der Waals surface area contributed by atoms with Gasteiger partial charge in [0.2, 0.25) is 0 Å². The number of piperidine rings is 1. The number of fused-ring (bicyclic) bond motifs is 3. The molecule has 0 aromatic heterocycles. The van der Waals surface area contributed by atoms with Crippen LogP contribution in [0.15, 0.2) is 43.0 Å². The maximum Gasteiger partial charge on any atom is 0.417 e. The third kappa shape index (κ3) is 4.03. The Balaban J connectivity index is 1.56. The number of hydrogen-bond acceptors (Lipinski definition) is 3. The molecule has 0 aliphatic carbocycles. The lowest BCUT2D eigenvalue weighted by molar-refractivity contribution is -0.137. The molecule has 1 saturated heterocycles. The van der Waals surface area contributed by atoms with Crippen LogP contribution < -0.4 is 9.64 Å². The van der Waals surface area contributed by atoms with Gasteiger partial charge in [-0.05, 0) is 85.2 Å². The molecule has 0 bridgehead atoms. The lowest BCUT2D eigenvalue weighted by Gasteiger charge is -2.40. The van der Waals surface area contributed by atoms with Crippen LogP contribution in [0, 0.1) is 0 Å². The van der Waals surface area contributed by atoms with Crippen molar-refractivity contribution in [1.82, 2.24) is 4.90 Å². The van der Waals surface area contributed by atoms with Gasteiger partial charge < -0.3 is 14.5 Å². The quantitative estimate of drug-likeness (QED) is 0.376. The predicted octanol–water partition coefficient (Wildman–Crippen LogP) is 6.27. The molecule has 0 N–H and O–H groups in total. The number of alkyl halides is 3. The van der Waals surface area contributed by atoms with Crippen LogP contribution in [0.3, 0.4) is 0 Å². The molecule has 6 heteroatoms. The average Bonchev–Trinajstić information content (AvgIpc) is 3.13. The monoisotopic (exact) mass is 456 g/mol. The molecule has 2 aromatic carbocycles. The van der Waals surface area contributed by atoms with E-state index in [0.717, 1.165) is 64.3 Å². The number of ether oxygens (including phenoxy) is 1. The summed E-state index contributed by atoms with van der Waals surface area (Å²) >= 11 is 0. The largest absolute Gasteiger partial charge is 0.497 e. The molecule has 0 saturated carbocycles. The smallest absolute Gasteiger partial charge is 0.417 e. The van der Waals surface area contributed by atoms with Crippen molar-refractivity contribution in [3.05, 3.63) is 59.7 Å². The summed E-state index contributed by atoms with van der Waals surface area (Å²) < 4.78 is 47.0. The third-order valence-electron chi connectivity index (χ3n) is 7.54. The van der Waals surface area contributed by atoms with Crippen LogP contribution >= 0.6 is 0 Å². The van der Waals surface area contributed by atoms with Crippen LogP contribution in [0.2, 0.25) is 0 Å². The number of allylic oxidation sites excluding steroid dienone is 1. The van der Waals surface area contributed by atoms with Gasteiger partial charge in [0.05, 0.1) is 12.7 Å². The van der Waals surface area contributed by atoms with Gasteiger partial charge in [-0.1, -0.05) is 12.1 Å². The highest BCUT2D eigenvalue weighted by molar-refractivity contribution is 5.78. The standard InChI is InChI=1S/C27H31F3N2O/c1-3-4-5-11-31-13-10-25-23(17-31)22-15-19(14-18-7-6-12-32(25)26(18)22)21-9-8-20(33-2)16-24(21)27(28,29)30/h3,8-9,14-16,23,25H,1,4-7,10-13,17H2,2H3/t23-,25-/m0/s1. The Morgan fingerprint density at radius 3 is 2.79 bits per heavy atom. The number of aryl methyl sites for hydroxylation is 1. The number of rotatable bonds is 6. The zero-order chi connectivity index (χ0) is 23.2. The van der Waals surface area contributed by atoms with Gasteiger partial charge in [-0.3, -0.25) is 0 Å². The fourth-order valence-corrected chi connectivity index (χ4v) is 6.07. The van der Waals surface area contributed by atoms with E-state index in [-0.39, 0.29) is 11.3 Å². The zero-order valence-electron chi connectivity index (χ0n) is 19.1. The van der Waals surface area contributed by atoms with E-state index in [1.54, 1.807) is 12.1 Å². The van der Waals surface area contributed by atoms with Crippen LogP contribution in [0.1, 0.15) is 48.3 Å². The molecule has 3 aliphatic heterocycles. The van der Waals surface area contributed by atoms with Crippen LogP contribution in [0.5, 0.6) is 5.75 Å². The zero-order valence-corrected chi connectivity index (χ0v) is 19.1. The van der Waals surface area contributed by atoms with Crippen molar-refractivity contribution in [2.45, 2.75) is 50.2 Å². The number of unbranched alkanes of at least 4 members (excludes halogenated alkanes) is 1. The van der Waals surface area contributed by atoms with Gasteiger partial charge in [-0.15, -0.1) is 6.58 Å². The Morgan fingerprint density at radius 2 is 2.03 bits per heavy atom. The lowest BCUT2D eigenvalue weighted by Crippen LogP contribution is -2.47. The van der Waals surface area contributed by atoms with Gasteiger partial charge >= 0.3 is 6.18 Å². The summed E-state index contributed by atoms with van der Waals surface area (Å²) in [7, 11) is 1.40. The molecule has 2 aromatic rings.